The molecule has 2 aromatic rings. The third kappa shape index (κ3) is 7.19. The maximum Gasteiger partial charge on any atom is 0.253 e. The zero-order valence-corrected chi connectivity index (χ0v) is 21.6. The molecule has 1 saturated heterocycles. The number of nitrogens with zero attached hydrogens (tertiary/aromatic N) is 5. The molecule has 2 heterocycles. The molecule has 0 aliphatic carbocycles. The third-order valence-electron chi connectivity index (χ3n) is 5.55. The molecule has 1 aromatic carbocycles. The van der Waals surface area contributed by atoms with Gasteiger partial charge in [0.1, 0.15) is 6.26 Å². The van der Waals surface area contributed by atoms with Crippen molar-refractivity contribution in [2.24, 2.45) is 4.99 Å². The second-order valence-corrected chi connectivity index (χ2v) is 7.60. The van der Waals surface area contributed by atoms with Crippen LogP contribution in [0.15, 0.2) is 46.1 Å². The van der Waals surface area contributed by atoms with Crippen molar-refractivity contribution in [1.29, 1.82) is 0 Å². The van der Waals surface area contributed by atoms with E-state index in [0.29, 0.717) is 6.54 Å². The fourth-order valence-corrected chi connectivity index (χ4v) is 3.70. The lowest BCUT2D eigenvalue weighted by Crippen LogP contribution is -2.52. The Bertz CT molecular complexity index is 829. The van der Waals surface area contributed by atoms with Gasteiger partial charge >= 0.3 is 0 Å². The molecule has 0 atom stereocenters. The Labute approximate surface area is 208 Å². The van der Waals surface area contributed by atoms with E-state index in [9.17, 15) is 4.79 Å². The molecule has 1 aliphatic rings. The Kier molecular flexibility index (Phi) is 10.9. The molecule has 176 valence electrons. The van der Waals surface area contributed by atoms with Gasteiger partial charge < -0.3 is 19.6 Å². The van der Waals surface area contributed by atoms with E-state index in [2.05, 4.69) is 27.2 Å². The molecule has 1 fully saturated rings. The van der Waals surface area contributed by atoms with Crippen molar-refractivity contribution in [3.05, 3.63) is 53.4 Å². The van der Waals surface area contributed by atoms with E-state index in [-0.39, 0.29) is 29.9 Å². The van der Waals surface area contributed by atoms with Crippen LogP contribution >= 0.6 is 24.0 Å². The molecular weight excluding hydrogens is 519 g/mol. The maximum atomic E-state index is 12.5. The monoisotopic (exact) mass is 554 g/mol. The Morgan fingerprint density at radius 2 is 1.78 bits per heavy atom. The van der Waals surface area contributed by atoms with Crippen molar-refractivity contribution in [1.82, 2.24) is 25.2 Å². The molecule has 1 amide bonds. The number of aliphatic imine (C=N–C) groups is 1. The number of rotatable bonds is 8. The number of nitrogens with one attached hydrogen (secondary N) is 1. The molecule has 1 aliphatic heterocycles. The van der Waals surface area contributed by atoms with E-state index in [1.54, 1.807) is 6.26 Å². The number of carbonyl (C=O) groups excluding carboxylic acids is 1. The second-order valence-electron chi connectivity index (χ2n) is 7.60. The number of hydrogen-bond acceptors (Lipinski definition) is 5. The summed E-state index contributed by atoms with van der Waals surface area (Å²) < 4.78 is 4.93. The van der Waals surface area contributed by atoms with Crippen molar-refractivity contribution in [3.8, 4) is 0 Å². The van der Waals surface area contributed by atoms with Gasteiger partial charge in [0, 0.05) is 64.0 Å². The van der Waals surface area contributed by atoms with E-state index in [1.807, 2.05) is 49.1 Å². The summed E-state index contributed by atoms with van der Waals surface area (Å²) in [6.45, 7) is 13.5. The van der Waals surface area contributed by atoms with E-state index in [1.165, 1.54) is 0 Å². The van der Waals surface area contributed by atoms with E-state index >= 15 is 0 Å². The molecule has 32 heavy (non-hydrogen) atoms. The molecule has 0 spiro atoms. The third-order valence-corrected chi connectivity index (χ3v) is 5.55. The Hall–Kier alpha value is -2.14. The number of carbonyl (C=O) groups is 1. The first-order valence-corrected chi connectivity index (χ1v) is 11.2. The first-order valence-electron chi connectivity index (χ1n) is 11.2. The average molecular weight is 554 g/mol. The van der Waals surface area contributed by atoms with Crippen molar-refractivity contribution in [3.63, 3.8) is 0 Å². The number of hydrogen-bond donors (Lipinski definition) is 1. The summed E-state index contributed by atoms with van der Waals surface area (Å²) in [7, 11) is 0. The molecule has 0 unspecified atom stereocenters. The smallest absolute Gasteiger partial charge is 0.253 e. The molecule has 3 rings (SSSR count). The largest absolute Gasteiger partial charge is 0.364 e. The maximum absolute atomic E-state index is 12.5. The zero-order valence-electron chi connectivity index (χ0n) is 19.3. The molecule has 0 radical (unpaired) electrons. The lowest BCUT2D eigenvalue weighted by Gasteiger charge is -2.36. The summed E-state index contributed by atoms with van der Waals surface area (Å²) in [5.41, 5.74) is 2.79. The molecule has 9 heteroatoms. The van der Waals surface area contributed by atoms with Crippen LogP contribution in [0.4, 0.5) is 0 Å². The summed E-state index contributed by atoms with van der Waals surface area (Å²) in [4.78, 5) is 23.8. The lowest BCUT2D eigenvalue weighted by molar-refractivity contribution is 0.0773. The number of aromatic nitrogens is 1. The summed E-state index contributed by atoms with van der Waals surface area (Å²) in [6.07, 6.45) is 1.62. The minimum Gasteiger partial charge on any atom is -0.364 e. The van der Waals surface area contributed by atoms with Crippen LogP contribution in [-0.2, 0) is 13.1 Å². The number of halogens is 1. The predicted octanol–water partition coefficient (Wildman–Crippen LogP) is 3.06. The summed E-state index contributed by atoms with van der Waals surface area (Å²) in [5.74, 6) is 1.02. The van der Waals surface area contributed by atoms with E-state index in [4.69, 9.17) is 9.52 Å². The molecule has 0 saturated carbocycles. The summed E-state index contributed by atoms with van der Waals surface area (Å²) in [5, 5.41) is 7.42. The van der Waals surface area contributed by atoms with Gasteiger partial charge in [-0.25, -0.2) is 4.99 Å². The normalized spacial score (nSPS) is 14.7. The average Bonchev–Trinajstić information content (AvgIpc) is 3.31. The van der Waals surface area contributed by atoms with Gasteiger partial charge in [-0.05, 0) is 38.5 Å². The Morgan fingerprint density at radius 3 is 2.34 bits per heavy atom. The lowest BCUT2D eigenvalue weighted by atomic mass is 10.1. The van der Waals surface area contributed by atoms with Gasteiger partial charge in [-0.15, -0.1) is 24.0 Å². The summed E-state index contributed by atoms with van der Waals surface area (Å²) in [6, 6.07) is 9.72. The van der Waals surface area contributed by atoms with Gasteiger partial charge in [-0.3, -0.25) is 9.69 Å². The number of benzene rings is 1. The van der Waals surface area contributed by atoms with Gasteiger partial charge in [0.2, 0.25) is 0 Å². The second kappa shape index (κ2) is 13.4. The number of piperazine rings is 1. The Morgan fingerprint density at radius 1 is 1.09 bits per heavy atom. The first kappa shape index (κ1) is 26.1. The van der Waals surface area contributed by atoms with Crippen LogP contribution in [0.3, 0.4) is 0 Å². The molecule has 1 N–H and O–H groups in total. The number of guanidine groups is 1. The fraction of sp³-hybridized carbons (Fsp3) is 0.522. The predicted molar refractivity (Wildman–Crippen MR) is 137 cm³/mol. The van der Waals surface area contributed by atoms with Gasteiger partial charge in [0.15, 0.2) is 5.96 Å². The van der Waals surface area contributed by atoms with E-state index in [0.717, 1.165) is 75.1 Å². The van der Waals surface area contributed by atoms with Gasteiger partial charge in [-0.1, -0.05) is 17.3 Å². The minimum absolute atomic E-state index is 0. The van der Waals surface area contributed by atoms with Crippen molar-refractivity contribution < 1.29 is 9.32 Å². The molecule has 8 nitrogen and oxygen atoms in total. The summed E-state index contributed by atoms with van der Waals surface area (Å²) >= 11 is 0. The van der Waals surface area contributed by atoms with E-state index < -0.39 is 0 Å². The van der Waals surface area contributed by atoms with Crippen LogP contribution in [0.2, 0.25) is 0 Å². The van der Waals surface area contributed by atoms with Crippen LogP contribution in [0.5, 0.6) is 0 Å². The quantitative estimate of drug-likeness (QED) is 0.307. The highest BCUT2D eigenvalue weighted by Gasteiger charge is 2.20. The van der Waals surface area contributed by atoms with Crippen LogP contribution in [0.1, 0.15) is 42.4 Å². The van der Waals surface area contributed by atoms with Gasteiger partial charge in [0.05, 0.1) is 12.2 Å². The van der Waals surface area contributed by atoms with Crippen molar-refractivity contribution >= 4 is 35.8 Å². The number of amides is 1. The first-order chi connectivity index (χ1) is 15.1. The molecular formula is C23H35IN6O2. The van der Waals surface area contributed by atoms with Gasteiger partial charge in [-0.2, -0.15) is 0 Å². The van der Waals surface area contributed by atoms with Crippen molar-refractivity contribution in [2.75, 3.05) is 45.8 Å². The fourth-order valence-electron chi connectivity index (χ4n) is 3.70. The zero-order chi connectivity index (χ0) is 22.1. The highest BCUT2D eigenvalue weighted by molar-refractivity contribution is 14.0. The molecule has 1 aromatic heterocycles. The van der Waals surface area contributed by atoms with Crippen molar-refractivity contribution in [2.45, 2.75) is 33.9 Å². The van der Waals surface area contributed by atoms with Crippen LogP contribution in [-0.4, -0.2) is 77.5 Å². The van der Waals surface area contributed by atoms with Gasteiger partial charge in [0.25, 0.3) is 5.91 Å². The SMILES string of the molecule is CCNC(=NCc1ccc(C(=O)N(CC)CC)cc1)N1CCN(Cc2ccon2)CC1.I. The van der Waals surface area contributed by atoms with Crippen LogP contribution < -0.4 is 5.32 Å². The van der Waals surface area contributed by atoms with Crippen LogP contribution in [0, 0.1) is 0 Å². The highest BCUT2D eigenvalue weighted by atomic mass is 127. The Balaban J connectivity index is 0.00000363. The highest BCUT2D eigenvalue weighted by Crippen LogP contribution is 2.11. The topological polar surface area (TPSA) is 77.2 Å². The molecule has 0 bridgehead atoms. The minimum atomic E-state index is 0. The standard InChI is InChI=1S/C23H34N6O2.HI/c1-4-24-23(29-14-12-27(13-15-29)18-21-11-16-31-26-21)25-17-19-7-9-20(10-8-19)22(30)28(5-2)6-3;/h7-11,16H,4-6,12-15,17-18H2,1-3H3,(H,24,25);1H. The van der Waals surface area contributed by atoms with Crippen LogP contribution in [0.25, 0.3) is 0 Å².